The Kier molecular flexibility index (Phi) is 4.05. The summed E-state index contributed by atoms with van der Waals surface area (Å²) in [6.07, 6.45) is -3.67. The number of halogens is 3. The van der Waals surface area contributed by atoms with Crippen LogP contribution in [-0.2, 0) is 6.18 Å². The first kappa shape index (κ1) is 12.7. The lowest BCUT2D eigenvalue weighted by molar-refractivity contribution is -0.141. The Morgan fingerprint density at radius 1 is 1.38 bits per heavy atom. The number of nitrogens with two attached hydrogens (primary N) is 1. The smallest absolute Gasteiger partial charge is 0.367 e. The second kappa shape index (κ2) is 5.11. The Balaban J connectivity index is 2.58. The van der Waals surface area contributed by atoms with Gasteiger partial charge in [0.25, 0.3) is 0 Å². The Bertz CT molecular complexity index is 323. The molecule has 0 bridgehead atoms. The molecule has 1 heterocycles. The first-order chi connectivity index (χ1) is 7.43. The van der Waals surface area contributed by atoms with Crippen LogP contribution in [0.2, 0.25) is 0 Å². The van der Waals surface area contributed by atoms with Gasteiger partial charge in [-0.1, -0.05) is 6.92 Å². The van der Waals surface area contributed by atoms with Crippen molar-refractivity contribution in [2.45, 2.75) is 25.6 Å². The zero-order valence-electron chi connectivity index (χ0n) is 8.75. The van der Waals surface area contributed by atoms with Crippen LogP contribution in [-0.4, -0.2) is 22.8 Å². The molecule has 0 spiro atoms. The number of aromatic nitrogens is 2. The third-order valence-corrected chi connectivity index (χ3v) is 2.02. The molecule has 7 heteroatoms. The molecule has 90 valence electrons. The molecular weight excluding hydrogens is 221 g/mol. The lowest BCUT2D eigenvalue weighted by atomic mass is 10.2. The molecule has 0 radical (unpaired) electrons. The van der Waals surface area contributed by atoms with Crippen LogP contribution in [0.15, 0.2) is 12.1 Å². The monoisotopic (exact) mass is 234 g/mol. The largest absolute Gasteiger partial charge is 0.435 e. The van der Waals surface area contributed by atoms with Crippen molar-refractivity contribution in [3.8, 4) is 0 Å². The fourth-order valence-electron chi connectivity index (χ4n) is 0.958. The molecule has 1 atom stereocenters. The molecule has 0 aliphatic heterocycles. The van der Waals surface area contributed by atoms with Crippen molar-refractivity contribution in [3.63, 3.8) is 0 Å². The SMILES string of the molecule is CCC(N)CNc1ccc(C(F)(F)F)nn1. The standard InChI is InChI=1S/C9H13F3N4/c1-2-6(13)5-14-8-4-3-7(15-16-8)9(10,11)12/h3-4,6H,2,5,13H2,1H3,(H,14,16). The van der Waals surface area contributed by atoms with E-state index in [-0.39, 0.29) is 11.9 Å². The fraction of sp³-hybridized carbons (Fsp3) is 0.556. The number of hydrogen-bond donors (Lipinski definition) is 2. The molecule has 3 N–H and O–H groups in total. The first-order valence-corrected chi connectivity index (χ1v) is 4.84. The fourth-order valence-corrected chi connectivity index (χ4v) is 0.958. The van der Waals surface area contributed by atoms with Crippen LogP contribution in [0, 0.1) is 0 Å². The van der Waals surface area contributed by atoms with Gasteiger partial charge in [-0.05, 0) is 18.6 Å². The van der Waals surface area contributed by atoms with E-state index >= 15 is 0 Å². The van der Waals surface area contributed by atoms with Crippen LogP contribution in [0.3, 0.4) is 0 Å². The van der Waals surface area contributed by atoms with Crippen LogP contribution in [0.4, 0.5) is 19.0 Å². The van der Waals surface area contributed by atoms with E-state index in [9.17, 15) is 13.2 Å². The average molecular weight is 234 g/mol. The Hall–Kier alpha value is -1.37. The average Bonchev–Trinajstić information content (AvgIpc) is 2.25. The quantitative estimate of drug-likeness (QED) is 0.831. The van der Waals surface area contributed by atoms with E-state index in [0.717, 1.165) is 12.5 Å². The highest BCUT2D eigenvalue weighted by molar-refractivity contribution is 5.33. The van der Waals surface area contributed by atoms with Gasteiger partial charge in [0.2, 0.25) is 0 Å². The van der Waals surface area contributed by atoms with Crippen molar-refractivity contribution in [2.24, 2.45) is 5.73 Å². The van der Waals surface area contributed by atoms with Crippen LogP contribution in [0.1, 0.15) is 19.0 Å². The van der Waals surface area contributed by atoms with Gasteiger partial charge in [0.05, 0.1) is 0 Å². The molecule has 0 amide bonds. The maximum absolute atomic E-state index is 12.1. The molecule has 0 saturated carbocycles. The predicted octanol–water partition coefficient (Wildman–Crippen LogP) is 1.64. The number of nitrogens with one attached hydrogen (secondary N) is 1. The highest BCUT2D eigenvalue weighted by Crippen LogP contribution is 2.26. The maximum Gasteiger partial charge on any atom is 0.435 e. The molecule has 4 nitrogen and oxygen atoms in total. The van der Waals surface area contributed by atoms with Gasteiger partial charge in [-0.3, -0.25) is 0 Å². The van der Waals surface area contributed by atoms with Gasteiger partial charge in [-0.25, -0.2) is 0 Å². The third kappa shape index (κ3) is 3.65. The normalized spacial score (nSPS) is 13.6. The topological polar surface area (TPSA) is 63.8 Å². The molecule has 16 heavy (non-hydrogen) atoms. The molecule has 1 aromatic rings. The Labute approximate surface area is 91.1 Å². The summed E-state index contributed by atoms with van der Waals surface area (Å²) in [6, 6.07) is 2.06. The molecular formula is C9H13F3N4. The van der Waals surface area contributed by atoms with E-state index in [1.165, 1.54) is 6.07 Å². The number of nitrogens with zero attached hydrogens (tertiary/aromatic N) is 2. The number of alkyl halides is 3. The highest BCUT2D eigenvalue weighted by Gasteiger charge is 2.32. The van der Waals surface area contributed by atoms with Crippen molar-refractivity contribution >= 4 is 5.82 Å². The van der Waals surface area contributed by atoms with Gasteiger partial charge in [-0.15, -0.1) is 10.2 Å². The molecule has 0 aliphatic rings. The van der Waals surface area contributed by atoms with E-state index < -0.39 is 11.9 Å². The van der Waals surface area contributed by atoms with E-state index in [4.69, 9.17) is 5.73 Å². The minimum atomic E-state index is -4.45. The highest BCUT2D eigenvalue weighted by atomic mass is 19.4. The summed E-state index contributed by atoms with van der Waals surface area (Å²) in [7, 11) is 0. The van der Waals surface area contributed by atoms with Gasteiger partial charge >= 0.3 is 6.18 Å². The molecule has 0 aliphatic carbocycles. The van der Waals surface area contributed by atoms with Gasteiger partial charge in [-0.2, -0.15) is 13.2 Å². The van der Waals surface area contributed by atoms with Crippen molar-refractivity contribution in [1.82, 2.24) is 10.2 Å². The number of anilines is 1. The minimum Gasteiger partial charge on any atom is -0.367 e. The summed E-state index contributed by atoms with van der Waals surface area (Å²) in [6.45, 7) is 2.38. The minimum absolute atomic E-state index is 0.0518. The lowest BCUT2D eigenvalue weighted by Gasteiger charge is -2.10. The van der Waals surface area contributed by atoms with Crippen LogP contribution < -0.4 is 11.1 Å². The van der Waals surface area contributed by atoms with Crippen molar-refractivity contribution in [2.75, 3.05) is 11.9 Å². The molecule has 0 fully saturated rings. The molecule has 1 unspecified atom stereocenters. The summed E-state index contributed by atoms with van der Waals surface area (Å²) in [4.78, 5) is 0. The van der Waals surface area contributed by atoms with Gasteiger partial charge < -0.3 is 11.1 Å². The van der Waals surface area contributed by atoms with Gasteiger partial charge in [0.1, 0.15) is 5.82 Å². The zero-order valence-corrected chi connectivity index (χ0v) is 8.75. The summed E-state index contributed by atoms with van der Waals surface area (Å²) in [5.41, 5.74) is 4.63. The third-order valence-electron chi connectivity index (χ3n) is 2.02. The van der Waals surface area contributed by atoms with Crippen LogP contribution in [0.25, 0.3) is 0 Å². The van der Waals surface area contributed by atoms with E-state index in [1.807, 2.05) is 6.92 Å². The van der Waals surface area contributed by atoms with Crippen molar-refractivity contribution in [3.05, 3.63) is 17.8 Å². The van der Waals surface area contributed by atoms with Gasteiger partial charge in [0.15, 0.2) is 5.69 Å². The number of rotatable bonds is 4. The Morgan fingerprint density at radius 2 is 2.06 bits per heavy atom. The second-order valence-corrected chi connectivity index (χ2v) is 3.35. The van der Waals surface area contributed by atoms with Gasteiger partial charge in [0, 0.05) is 12.6 Å². The molecule has 0 aromatic carbocycles. The van der Waals surface area contributed by atoms with Crippen LogP contribution in [0.5, 0.6) is 0 Å². The summed E-state index contributed by atoms with van der Waals surface area (Å²) in [5.74, 6) is 0.289. The predicted molar refractivity (Wildman–Crippen MR) is 53.8 cm³/mol. The summed E-state index contributed by atoms with van der Waals surface area (Å²) < 4.78 is 36.4. The number of hydrogen-bond acceptors (Lipinski definition) is 4. The zero-order chi connectivity index (χ0) is 12.2. The van der Waals surface area contributed by atoms with Crippen molar-refractivity contribution < 1.29 is 13.2 Å². The van der Waals surface area contributed by atoms with Crippen molar-refractivity contribution in [1.29, 1.82) is 0 Å². The molecule has 0 saturated heterocycles. The van der Waals surface area contributed by atoms with E-state index in [2.05, 4.69) is 15.5 Å². The summed E-state index contributed by atoms with van der Waals surface area (Å²) in [5, 5.41) is 9.30. The van der Waals surface area contributed by atoms with E-state index in [1.54, 1.807) is 0 Å². The molecule has 1 aromatic heterocycles. The molecule has 1 rings (SSSR count). The maximum atomic E-state index is 12.1. The van der Waals surface area contributed by atoms with E-state index in [0.29, 0.717) is 6.54 Å². The Morgan fingerprint density at radius 3 is 2.50 bits per heavy atom. The summed E-state index contributed by atoms with van der Waals surface area (Å²) >= 11 is 0. The lowest BCUT2D eigenvalue weighted by Crippen LogP contribution is -2.28. The van der Waals surface area contributed by atoms with Crippen LogP contribution >= 0.6 is 0 Å². The first-order valence-electron chi connectivity index (χ1n) is 4.84. The second-order valence-electron chi connectivity index (χ2n) is 3.35.